The number of rotatable bonds is 1. The van der Waals surface area contributed by atoms with Crippen LogP contribution in [0.15, 0.2) is 12.1 Å². The molecule has 1 aliphatic rings. The predicted octanol–water partition coefficient (Wildman–Crippen LogP) is 2.06. The Morgan fingerprint density at radius 1 is 1.53 bits per heavy atom. The molecule has 0 aliphatic heterocycles. The number of carboxylic acids is 1. The van der Waals surface area contributed by atoms with Crippen LogP contribution in [0.4, 0.5) is 0 Å². The van der Waals surface area contributed by atoms with Gasteiger partial charge in [0.15, 0.2) is 0 Å². The van der Waals surface area contributed by atoms with Gasteiger partial charge in [0.2, 0.25) is 0 Å². The molecule has 1 aliphatic carbocycles. The average molecular weight is 228 g/mol. The van der Waals surface area contributed by atoms with Crippen LogP contribution in [0.2, 0.25) is 0 Å². The fourth-order valence-corrected chi connectivity index (χ4v) is 2.14. The fraction of sp³-hybridized carbons (Fsp3) is 0.364. The van der Waals surface area contributed by atoms with Crippen molar-refractivity contribution in [3.63, 3.8) is 0 Å². The van der Waals surface area contributed by atoms with Crippen molar-refractivity contribution in [2.24, 2.45) is 5.73 Å². The Balaban J connectivity index is 0.00000112. The van der Waals surface area contributed by atoms with E-state index in [0.29, 0.717) is 5.56 Å². The summed E-state index contributed by atoms with van der Waals surface area (Å²) in [6.07, 6.45) is 1.84. The summed E-state index contributed by atoms with van der Waals surface area (Å²) in [6, 6.07) is 3.59. The maximum Gasteiger partial charge on any atom is 0.335 e. The highest BCUT2D eigenvalue weighted by Crippen LogP contribution is 2.32. The van der Waals surface area contributed by atoms with E-state index < -0.39 is 5.97 Å². The molecule has 3 nitrogen and oxygen atoms in total. The van der Waals surface area contributed by atoms with Crippen molar-refractivity contribution in [1.82, 2.24) is 0 Å². The molecule has 1 unspecified atom stereocenters. The summed E-state index contributed by atoms with van der Waals surface area (Å²) in [5.41, 5.74) is 9.43. The van der Waals surface area contributed by atoms with Crippen molar-refractivity contribution >= 4 is 18.4 Å². The largest absolute Gasteiger partial charge is 0.478 e. The number of nitrogens with two attached hydrogens (primary N) is 1. The quantitative estimate of drug-likeness (QED) is 0.772. The number of hydrogen-bond acceptors (Lipinski definition) is 2. The first kappa shape index (κ1) is 12.0. The highest BCUT2D eigenvalue weighted by molar-refractivity contribution is 5.90. The highest BCUT2D eigenvalue weighted by atomic mass is 35.5. The molecule has 0 saturated heterocycles. The second kappa shape index (κ2) is 4.21. The predicted molar refractivity (Wildman–Crippen MR) is 60.6 cm³/mol. The standard InChI is InChI=1S/C11H13NO2.ClH/c1-6-7-4-5-10(12)9(7)3-2-8(6)11(13)14;/h2-3,10H,4-5,12H2,1H3,(H,13,14);1H. The van der Waals surface area contributed by atoms with E-state index in [0.717, 1.165) is 29.5 Å². The van der Waals surface area contributed by atoms with Crippen LogP contribution in [0.25, 0.3) is 0 Å². The van der Waals surface area contributed by atoms with Gasteiger partial charge in [-0.05, 0) is 42.5 Å². The Hall–Kier alpha value is -1.06. The highest BCUT2D eigenvalue weighted by Gasteiger charge is 2.23. The lowest BCUT2D eigenvalue weighted by atomic mass is 9.98. The monoisotopic (exact) mass is 227 g/mol. The van der Waals surface area contributed by atoms with Gasteiger partial charge in [0.1, 0.15) is 0 Å². The van der Waals surface area contributed by atoms with Crippen LogP contribution >= 0.6 is 12.4 Å². The molecule has 0 aromatic heterocycles. The molecule has 0 amide bonds. The molecule has 2 rings (SSSR count). The van der Waals surface area contributed by atoms with Crippen molar-refractivity contribution in [3.05, 3.63) is 34.4 Å². The number of hydrogen-bond donors (Lipinski definition) is 2. The summed E-state index contributed by atoms with van der Waals surface area (Å²) < 4.78 is 0. The Kier molecular flexibility index (Phi) is 3.37. The molecule has 0 radical (unpaired) electrons. The van der Waals surface area contributed by atoms with Gasteiger partial charge in [-0.1, -0.05) is 6.07 Å². The molecule has 3 N–H and O–H groups in total. The molecular weight excluding hydrogens is 214 g/mol. The molecule has 15 heavy (non-hydrogen) atoms. The topological polar surface area (TPSA) is 63.3 Å². The molecule has 4 heteroatoms. The molecule has 1 aromatic carbocycles. The van der Waals surface area contributed by atoms with Crippen LogP contribution in [-0.2, 0) is 6.42 Å². The first-order valence-electron chi connectivity index (χ1n) is 4.72. The Labute approximate surface area is 94.7 Å². The minimum atomic E-state index is -0.856. The van der Waals surface area contributed by atoms with Crippen LogP contribution in [-0.4, -0.2) is 11.1 Å². The zero-order chi connectivity index (χ0) is 10.3. The van der Waals surface area contributed by atoms with Crippen molar-refractivity contribution in [1.29, 1.82) is 0 Å². The SMILES string of the molecule is Cc1c(C(=O)O)ccc2c1CCC2N.Cl. The summed E-state index contributed by atoms with van der Waals surface area (Å²) >= 11 is 0. The van der Waals surface area contributed by atoms with Crippen LogP contribution in [0.5, 0.6) is 0 Å². The molecule has 82 valence electrons. The van der Waals surface area contributed by atoms with E-state index in [1.165, 1.54) is 0 Å². The number of fused-ring (bicyclic) bond motifs is 1. The van der Waals surface area contributed by atoms with Gasteiger partial charge >= 0.3 is 5.97 Å². The lowest BCUT2D eigenvalue weighted by Crippen LogP contribution is -2.07. The van der Waals surface area contributed by atoms with Gasteiger partial charge in [0, 0.05) is 6.04 Å². The molecule has 1 atom stereocenters. The van der Waals surface area contributed by atoms with Crippen molar-refractivity contribution in [2.45, 2.75) is 25.8 Å². The summed E-state index contributed by atoms with van der Waals surface area (Å²) in [4.78, 5) is 10.9. The van der Waals surface area contributed by atoms with E-state index >= 15 is 0 Å². The van der Waals surface area contributed by atoms with Gasteiger partial charge in [0.05, 0.1) is 5.56 Å². The molecule has 0 heterocycles. The van der Waals surface area contributed by atoms with E-state index in [9.17, 15) is 4.79 Å². The molecule has 1 aromatic rings. The second-order valence-corrected chi connectivity index (χ2v) is 3.76. The zero-order valence-electron chi connectivity index (χ0n) is 8.49. The van der Waals surface area contributed by atoms with E-state index in [2.05, 4.69) is 0 Å². The number of carbonyl (C=O) groups is 1. The average Bonchev–Trinajstić information content (AvgIpc) is 2.49. The summed E-state index contributed by atoms with van der Waals surface area (Å²) in [6.45, 7) is 1.86. The lowest BCUT2D eigenvalue weighted by Gasteiger charge is -2.09. The fourth-order valence-electron chi connectivity index (χ4n) is 2.14. The van der Waals surface area contributed by atoms with E-state index in [1.54, 1.807) is 6.07 Å². The van der Waals surface area contributed by atoms with E-state index in [4.69, 9.17) is 10.8 Å². The third-order valence-electron chi connectivity index (χ3n) is 2.97. The summed E-state index contributed by atoms with van der Waals surface area (Å²) in [5.74, 6) is -0.856. The third kappa shape index (κ3) is 1.85. The van der Waals surface area contributed by atoms with Crippen LogP contribution in [0.1, 0.15) is 39.5 Å². The molecule has 0 fully saturated rings. The van der Waals surface area contributed by atoms with Crippen molar-refractivity contribution in [3.8, 4) is 0 Å². The summed E-state index contributed by atoms with van der Waals surface area (Å²) in [7, 11) is 0. The van der Waals surface area contributed by atoms with Crippen LogP contribution in [0.3, 0.4) is 0 Å². The van der Waals surface area contributed by atoms with Crippen LogP contribution in [0, 0.1) is 6.92 Å². The van der Waals surface area contributed by atoms with Gasteiger partial charge in [-0.25, -0.2) is 4.79 Å². The number of carboxylic acid groups (broad SMARTS) is 1. The summed E-state index contributed by atoms with van der Waals surface area (Å²) in [5, 5.41) is 8.93. The van der Waals surface area contributed by atoms with E-state index in [1.807, 2.05) is 13.0 Å². The first-order valence-corrected chi connectivity index (χ1v) is 4.72. The Morgan fingerprint density at radius 2 is 2.20 bits per heavy atom. The van der Waals surface area contributed by atoms with Gasteiger partial charge < -0.3 is 10.8 Å². The number of halogens is 1. The maximum absolute atomic E-state index is 10.9. The van der Waals surface area contributed by atoms with Gasteiger partial charge in [0.25, 0.3) is 0 Å². The minimum absolute atomic E-state index is 0. The normalized spacial score (nSPS) is 18.1. The lowest BCUT2D eigenvalue weighted by molar-refractivity contribution is 0.0696. The number of aromatic carboxylic acids is 1. The third-order valence-corrected chi connectivity index (χ3v) is 2.97. The number of benzene rings is 1. The maximum atomic E-state index is 10.9. The molecule has 0 spiro atoms. The zero-order valence-corrected chi connectivity index (χ0v) is 9.30. The molecular formula is C11H14ClNO2. The van der Waals surface area contributed by atoms with Crippen LogP contribution < -0.4 is 5.73 Å². The van der Waals surface area contributed by atoms with Gasteiger partial charge in [-0.2, -0.15) is 0 Å². The molecule has 0 bridgehead atoms. The van der Waals surface area contributed by atoms with E-state index in [-0.39, 0.29) is 18.4 Å². The second-order valence-electron chi connectivity index (χ2n) is 3.76. The Bertz CT molecular complexity index is 404. The van der Waals surface area contributed by atoms with Crippen molar-refractivity contribution in [2.75, 3.05) is 0 Å². The first-order chi connectivity index (χ1) is 6.61. The molecule has 0 saturated carbocycles. The van der Waals surface area contributed by atoms with Gasteiger partial charge in [-0.15, -0.1) is 12.4 Å². The van der Waals surface area contributed by atoms with Gasteiger partial charge in [-0.3, -0.25) is 0 Å². The Morgan fingerprint density at radius 3 is 2.80 bits per heavy atom. The minimum Gasteiger partial charge on any atom is -0.478 e. The van der Waals surface area contributed by atoms with Crippen molar-refractivity contribution < 1.29 is 9.90 Å². The smallest absolute Gasteiger partial charge is 0.335 e.